The van der Waals surface area contributed by atoms with Crippen LogP contribution in [0.3, 0.4) is 0 Å². The Morgan fingerprint density at radius 2 is 1.17 bits per heavy atom. The molecule has 2 N–H and O–H groups in total. The van der Waals surface area contributed by atoms with Gasteiger partial charge in [-0.2, -0.15) is 48.5 Å². The Hall–Kier alpha value is -2.37. The van der Waals surface area contributed by atoms with Gasteiger partial charge in [0.05, 0.1) is 0 Å². The number of rotatable bonds is 2. The van der Waals surface area contributed by atoms with E-state index in [0.29, 0.717) is 0 Å². The maximum atomic E-state index is 10.6. The van der Waals surface area contributed by atoms with Crippen molar-refractivity contribution in [2.24, 2.45) is 0 Å². The van der Waals surface area contributed by atoms with Gasteiger partial charge in [-0.1, -0.05) is 11.1 Å². The number of hydrogen-bond acceptors (Lipinski definition) is 6. The first-order valence-electron chi connectivity index (χ1n) is 5.66. The van der Waals surface area contributed by atoms with Crippen molar-refractivity contribution in [2.45, 2.75) is 0 Å². The molecule has 0 amide bonds. The van der Waals surface area contributed by atoms with E-state index in [-0.39, 0.29) is 11.1 Å². The summed E-state index contributed by atoms with van der Waals surface area (Å²) in [6.07, 6.45) is 0. The summed E-state index contributed by atoms with van der Waals surface area (Å²) in [6, 6.07) is 12.7. The van der Waals surface area contributed by atoms with Crippen LogP contribution in [0.2, 0.25) is 0 Å². The number of carbonyl (C=O) groups is 2. The topological polar surface area (TPSA) is 155 Å². The number of carboxylic acids is 2. The Labute approximate surface area is 145 Å². The molecule has 0 unspecified atom stereocenters. The molecule has 0 aromatic heterocycles. The first kappa shape index (κ1) is 20.6. The summed E-state index contributed by atoms with van der Waals surface area (Å²) in [4.78, 5) is 20.4. The van der Waals surface area contributed by atoms with Gasteiger partial charge >= 0.3 is 32.3 Å². The van der Waals surface area contributed by atoms with Crippen LogP contribution >= 0.6 is 0 Å². The van der Waals surface area contributed by atoms with Gasteiger partial charge in [-0.3, -0.25) is 9.59 Å². The Morgan fingerprint density at radius 1 is 0.870 bits per heavy atom. The van der Waals surface area contributed by atoms with E-state index in [1.165, 1.54) is 36.4 Å². The second-order valence-corrected chi connectivity index (χ2v) is 4.21. The third kappa shape index (κ3) is 7.99. The van der Waals surface area contributed by atoms with Gasteiger partial charge in [-0.25, -0.2) is 11.5 Å². The minimum atomic E-state index is -2.51. The zero-order valence-electron chi connectivity index (χ0n) is 11.3. The van der Waals surface area contributed by atoms with Crippen molar-refractivity contribution in [3.63, 3.8) is 0 Å². The van der Waals surface area contributed by atoms with Gasteiger partial charge in [-0.15, -0.1) is 0 Å². The molecule has 0 radical (unpaired) electrons. The van der Waals surface area contributed by atoms with Crippen LogP contribution in [0.5, 0.6) is 11.5 Å². The molecule has 0 fully saturated rings. The Morgan fingerprint density at radius 3 is 1.35 bits per heavy atom. The average Bonchev–Trinajstić information content (AvgIpc) is 2.49. The molecule has 0 aliphatic heterocycles. The number of benzene rings is 2. The van der Waals surface area contributed by atoms with Crippen LogP contribution in [-0.2, 0) is 4.47 Å². The van der Waals surface area contributed by atoms with Crippen LogP contribution in [-0.4, -0.2) is 22.2 Å². The van der Waals surface area contributed by atoms with Gasteiger partial charge in [0.25, 0.3) is 11.9 Å². The van der Waals surface area contributed by atoms with Crippen molar-refractivity contribution in [3.8, 4) is 11.5 Å². The Kier molecular flexibility index (Phi) is 10.1. The molecule has 0 spiro atoms. The molecule has 0 saturated carbocycles. The van der Waals surface area contributed by atoms with Crippen LogP contribution in [0.1, 0.15) is 20.7 Å². The molecule has 23 heavy (non-hydrogen) atoms. The van der Waals surface area contributed by atoms with E-state index in [4.69, 9.17) is 14.7 Å². The molecule has 0 atom stereocenters. The number of para-hydroxylation sites is 2. The van der Waals surface area contributed by atoms with E-state index in [2.05, 4.69) is 12.1 Å². The molecule has 0 bridgehead atoms. The predicted octanol–water partition coefficient (Wildman–Crippen LogP) is 0.280. The summed E-state index contributed by atoms with van der Waals surface area (Å²) in [5, 5.41) is 37.9. The molecular formula is C14H8O8U-2. The van der Waals surface area contributed by atoms with Gasteiger partial charge in [-0.05, 0) is 0 Å². The molecule has 2 aromatic carbocycles. The van der Waals surface area contributed by atoms with Crippen molar-refractivity contribution >= 4 is 11.9 Å². The molecule has 0 aliphatic rings. The van der Waals surface area contributed by atoms with Crippen molar-refractivity contribution in [1.29, 1.82) is 0 Å². The minimum absolute atomic E-state index is 0.234. The van der Waals surface area contributed by atoms with E-state index in [0.717, 1.165) is 0 Å². The van der Waals surface area contributed by atoms with Gasteiger partial charge in [0.2, 0.25) is 0 Å². The van der Waals surface area contributed by atoms with Gasteiger partial charge < -0.3 is 20.4 Å². The summed E-state index contributed by atoms with van der Waals surface area (Å²) < 4.78 is 17.2. The van der Waals surface area contributed by atoms with Crippen molar-refractivity contribution < 1.29 is 62.3 Å². The first-order chi connectivity index (χ1) is 10.8. The second kappa shape index (κ2) is 11.2. The zero-order chi connectivity index (χ0) is 17.8. The summed E-state index contributed by atoms with van der Waals surface area (Å²) in [7, 11) is 0. The average molecular weight is 542 g/mol. The molecular weight excluding hydrogens is 534 g/mol. The second-order valence-electron chi connectivity index (χ2n) is 3.52. The van der Waals surface area contributed by atoms with E-state index >= 15 is 0 Å². The fourth-order valence-electron chi connectivity index (χ4n) is 1.18. The Balaban J connectivity index is 0.000000360. The van der Waals surface area contributed by atoms with Crippen LogP contribution in [0.4, 0.5) is 0 Å². The van der Waals surface area contributed by atoms with E-state index < -0.39 is 51.3 Å². The van der Waals surface area contributed by atoms with Crippen LogP contribution < -0.4 is 10.2 Å². The number of hydrogen-bond donors (Lipinski definition) is 2. The summed E-state index contributed by atoms with van der Waals surface area (Å²) in [5.41, 5.74) is -0.468. The fourth-order valence-corrected chi connectivity index (χ4v) is 1.18. The quantitative estimate of drug-likeness (QED) is 0.513. The SMILES string of the molecule is O=C(O)c1ccc[c-]c1[O-].O=C(O)c1ccc[c-]c1[O-].[O]=[U+2]=[O]. The third-order valence-electron chi connectivity index (χ3n) is 2.10. The van der Waals surface area contributed by atoms with Crippen LogP contribution in [0.15, 0.2) is 36.4 Å². The molecule has 0 saturated heterocycles. The summed E-state index contributed by atoms with van der Waals surface area (Å²) >= 11 is -2.51. The van der Waals surface area contributed by atoms with Gasteiger partial charge in [0.15, 0.2) is 0 Å². The van der Waals surface area contributed by atoms with Gasteiger partial charge in [0.1, 0.15) is 0 Å². The van der Waals surface area contributed by atoms with E-state index in [1.54, 1.807) is 0 Å². The van der Waals surface area contributed by atoms with Crippen molar-refractivity contribution in [3.05, 3.63) is 59.7 Å². The summed E-state index contributed by atoms with van der Waals surface area (Å²) in [6.45, 7) is 0. The predicted molar refractivity (Wildman–Crippen MR) is 64.7 cm³/mol. The zero-order valence-corrected chi connectivity index (χ0v) is 15.5. The molecule has 2 rings (SSSR count). The number of carboxylic acid groups (broad SMARTS) is 2. The van der Waals surface area contributed by atoms with Crippen LogP contribution in [0, 0.1) is 40.0 Å². The molecule has 9 heteroatoms. The fraction of sp³-hybridized carbons (Fsp3) is 0. The molecule has 2 aromatic rings. The monoisotopic (exact) mass is 542 g/mol. The normalized spacial score (nSPS) is 8.35. The van der Waals surface area contributed by atoms with Gasteiger partial charge in [0, 0.05) is 0 Å². The maximum absolute atomic E-state index is 10.6. The first-order valence-corrected chi connectivity index (χ1v) is 9.06. The van der Waals surface area contributed by atoms with Crippen molar-refractivity contribution in [2.75, 3.05) is 0 Å². The number of aromatic carboxylic acids is 2. The third-order valence-corrected chi connectivity index (χ3v) is 2.10. The Bertz CT molecular complexity index is 652. The molecule has 0 aliphatic carbocycles. The standard InChI is InChI=1S/2C7H5O3.2O.U/c2*8-6-4-2-1-3-5(6)7(9)10;;;/h2*1-3,8H,(H,9,10);;;/q2*-1;;;+2/p-2. The van der Waals surface area contributed by atoms with E-state index in [1.807, 2.05) is 0 Å². The van der Waals surface area contributed by atoms with E-state index in [9.17, 15) is 19.8 Å². The summed E-state index contributed by atoms with van der Waals surface area (Å²) in [5.74, 6) is -3.56. The van der Waals surface area contributed by atoms with Crippen molar-refractivity contribution in [1.82, 2.24) is 0 Å². The molecule has 118 valence electrons. The molecule has 0 heterocycles. The molecule has 8 nitrogen and oxygen atoms in total. The van der Waals surface area contributed by atoms with Crippen LogP contribution in [0.25, 0.3) is 0 Å².